The molecule has 0 amide bonds. The lowest BCUT2D eigenvalue weighted by Gasteiger charge is -2.13. The molecule has 5 nitrogen and oxygen atoms in total. The summed E-state index contributed by atoms with van der Waals surface area (Å²) in [6.45, 7) is 4.87. The highest BCUT2D eigenvalue weighted by atomic mass is 19.1. The normalized spacial score (nSPS) is 10.8. The molecule has 20 heavy (non-hydrogen) atoms. The van der Waals surface area contributed by atoms with Gasteiger partial charge in [0.05, 0.1) is 26.0 Å². The standard InChI is InChI=1S/C14H21FN2O3/c1-4-6-19-13-9-11(16-10-17-18-3)8-12(15)14(13)20-7-5-2/h8-10H,4-7H2,1-3H3,(H,16,17). The number of halogens is 1. The van der Waals surface area contributed by atoms with E-state index in [1.54, 1.807) is 6.07 Å². The van der Waals surface area contributed by atoms with E-state index in [-0.39, 0.29) is 5.75 Å². The molecule has 0 saturated carbocycles. The first-order valence-electron chi connectivity index (χ1n) is 6.63. The van der Waals surface area contributed by atoms with Crippen LogP contribution in [0, 0.1) is 5.82 Å². The largest absolute Gasteiger partial charge is 0.490 e. The molecule has 0 saturated heterocycles. The predicted octanol–water partition coefficient (Wildman–Crippen LogP) is 3.21. The third-order valence-electron chi connectivity index (χ3n) is 2.29. The fourth-order valence-corrected chi connectivity index (χ4v) is 1.45. The summed E-state index contributed by atoms with van der Waals surface area (Å²) in [6.07, 6.45) is 2.95. The van der Waals surface area contributed by atoms with Crippen LogP contribution in [-0.2, 0) is 4.84 Å². The van der Waals surface area contributed by atoms with Crippen LogP contribution < -0.4 is 15.0 Å². The number of nitrogens with one attached hydrogen (secondary N) is 1. The number of benzene rings is 1. The van der Waals surface area contributed by atoms with E-state index in [1.165, 1.54) is 19.5 Å². The van der Waals surface area contributed by atoms with Crippen LogP contribution in [0.2, 0.25) is 0 Å². The summed E-state index contributed by atoms with van der Waals surface area (Å²) in [7, 11) is 1.46. The minimum atomic E-state index is -0.489. The number of ether oxygens (including phenoxy) is 2. The number of rotatable bonds is 9. The summed E-state index contributed by atoms with van der Waals surface area (Å²) in [6, 6.07) is 2.93. The number of aliphatic imine (C=N–C) groups is 1. The van der Waals surface area contributed by atoms with Crippen molar-refractivity contribution >= 4 is 12.0 Å². The van der Waals surface area contributed by atoms with E-state index in [9.17, 15) is 4.39 Å². The van der Waals surface area contributed by atoms with Crippen LogP contribution in [0.4, 0.5) is 10.1 Å². The fourth-order valence-electron chi connectivity index (χ4n) is 1.45. The molecule has 0 spiro atoms. The molecule has 1 aromatic carbocycles. The molecule has 0 aliphatic rings. The number of nitrogens with zero attached hydrogens (tertiary/aromatic N) is 1. The van der Waals surface area contributed by atoms with Gasteiger partial charge < -0.3 is 9.47 Å². The van der Waals surface area contributed by atoms with Gasteiger partial charge in [-0.05, 0) is 12.8 Å². The molecular formula is C14H21FN2O3. The molecule has 0 heterocycles. The molecule has 1 rings (SSSR count). The van der Waals surface area contributed by atoms with Crippen molar-refractivity contribution in [2.75, 3.05) is 20.3 Å². The third-order valence-corrected chi connectivity index (χ3v) is 2.29. The lowest BCUT2D eigenvalue weighted by atomic mass is 10.2. The van der Waals surface area contributed by atoms with Gasteiger partial charge in [0.25, 0.3) is 0 Å². The van der Waals surface area contributed by atoms with E-state index in [0.29, 0.717) is 24.7 Å². The van der Waals surface area contributed by atoms with Crippen molar-refractivity contribution in [2.24, 2.45) is 4.99 Å². The van der Waals surface area contributed by atoms with E-state index < -0.39 is 5.82 Å². The van der Waals surface area contributed by atoms with Crippen LogP contribution in [0.3, 0.4) is 0 Å². The Balaban J connectivity index is 2.97. The van der Waals surface area contributed by atoms with Gasteiger partial charge in [0.1, 0.15) is 6.34 Å². The van der Waals surface area contributed by atoms with Crippen molar-refractivity contribution in [3.05, 3.63) is 17.9 Å². The van der Waals surface area contributed by atoms with Crippen LogP contribution in [0.5, 0.6) is 11.5 Å². The Morgan fingerprint density at radius 3 is 2.55 bits per heavy atom. The molecule has 0 aromatic heterocycles. The highest BCUT2D eigenvalue weighted by Crippen LogP contribution is 2.35. The molecule has 0 unspecified atom stereocenters. The van der Waals surface area contributed by atoms with E-state index >= 15 is 0 Å². The zero-order valence-electron chi connectivity index (χ0n) is 12.1. The molecule has 112 valence electrons. The van der Waals surface area contributed by atoms with E-state index in [0.717, 1.165) is 12.8 Å². The highest BCUT2D eigenvalue weighted by Gasteiger charge is 2.13. The van der Waals surface area contributed by atoms with Crippen molar-refractivity contribution in [1.29, 1.82) is 0 Å². The Morgan fingerprint density at radius 1 is 1.20 bits per heavy atom. The Labute approximate surface area is 118 Å². The third kappa shape index (κ3) is 5.05. The van der Waals surface area contributed by atoms with Gasteiger partial charge in [-0.25, -0.2) is 9.38 Å². The van der Waals surface area contributed by atoms with Gasteiger partial charge in [0, 0.05) is 12.1 Å². The highest BCUT2D eigenvalue weighted by molar-refractivity contribution is 5.62. The summed E-state index contributed by atoms with van der Waals surface area (Å²) < 4.78 is 25.0. The average Bonchev–Trinajstić information content (AvgIpc) is 2.44. The first-order chi connectivity index (χ1) is 9.72. The molecule has 0 radical (unpaired) electrons. The second kappa shape index (κ2) is 9.14. The summed E-state index contributed by atoms with van der Waals surface area (Å²) >= 11 is 0. The molecule has 1 N–H and O–H groups in total. The maximum absolute atomic E-state index is 14.0. The first kappa shape index (κ1) is 16.2. The van der Waals surface area contributed by atoms with E-state index in [2.05, 4.69) is 15.3 Å². The van der Waals surface area contributed by atoms with Crippen molar-refractivity contribution in [3.63, 3.8) is 0 Å². The van der Waals surface area contributed by atoms with E-state index in [1.807, 2.05) is 13.8 Å². The Kier molecular flexibility index (Phi) is 7.42. The van der Waals surface area contributed by atoms with Crippen molar-refractivity contribution in [3.8, 4) is 11.5 Å². The zero-order chi connectivity index (χ0) is 14.8. The Hall–Kier alpha value is -1.82. The van der Waals surface area contributed by atoms with Gasteiger partial charge in [-0.1, -0.05) is 13.8 Å². The molecule has 0 fully saturated rings. The first-order valence-corrected chi connectivity index (χ1v) is 6.63. The minimum absolute atomic E-state index is 0.138. The second-order valence-electron chi connectivity index (χ2n) is 4.03. The van der Waals surface area contributed by atoms with Gasteiger partial charge in [-0.15, -0.1) is 0 Å². The van der Waals surface area contributed by atoms with Crippen LogP contribution in [-0.4, -0.2) is 26.7 Å². The maximum Gasteiger partial charge on any atom is 0.197 e. The van der Waals surface area contributed by atoms with Crippen LogP contribution in [0.15, 0.2) is 17.1 Å². The topological polar surface area (TPSA) is 52.1 Å². The summed E-state index contributed by atoms with van der Waals surface area (Å²) in [5.74, 6) is 0.0143. The number of hydroxylamine groups is 1. The lowest BCUT2D eigenvalue weighted by Crippen LogP contribution is -2.07. The summed E-state index contributed by atoms with van der Waals surface area (Å²) in [5, 5.41) is 0. The minimum Gasteiger partial charge on any atom is -0.490 e. The maximum atomic E-state index is 14.0. The van der Waals surface area contributed by atoms with Crippen molar-refractivity contribution in [1.82, 2.24) is 5.48 Å². The van der Waals surface area contributed by atoms with Crippen LogP contribution >= 0.6 is 0 Å². The van der Waals surface area contributed by atoms with Crippen molar-refractivity contribution in [2.45, 2.75) is 26.7 Å². The molecular weight excluding hydrogens is 263 g/mol. The van der Waals surface area contributed by atoms with Gasteiger partial charge >= 0.3 is 0 Å². The fraction of sp³-hybridized carbons (Fsp3) is 0.500. The van der Waals surface area contributed by atoms with E-state index in [4.69, 9.17) is 9.47 Å². The van der Waals surface area contributed by atoms with Crippen LogP contribution in [0.1, 0.15) is 26.7 Å². The smallest absolute Gasteiger partial charge is 0.197 e. The average molecular weight is 284 g/mol. The molecule has 1 aromatic rings. The van der Waals surface area contributed by atoms with Crippen molar-refractivity contribution < 1.29 is 18.7 Å². The number of hydrogen-bond donors (Lipinski definition) is 1. The summed E-state index contributed by atoms with van der Waals surface area (Å²) in [4.78, 5) is 8.63. The van der Waals surface area contributed by atoms with Gasteiger partial charge in [-0.3, -0.25) is 10.3 Å². The number of hydrogen-bond acceptors (Lipinski definition) is 4. The Bertz CT molecular complexity index is 439. The SMILES string of the molecule is CCCOc1cc(N=CNOC)cc(F)c1OCCC. The predicted molar refractivity (Wildman–Crippen MR) is 76.3 cm³/mol. The zero-order valence-corrected chi connectivity index (χ0v) is 12.1. The lowest BCUT2D eigenvalue weighted by molar-refractivity contribution is 0.148. The second-order valence-corrected chi connectivity index (χ2v) is 4.03. The molecule has 0 aliphatic carbocycles. The molecule has 0 aliphatic heterocycles. The molecule has 0 atom stereocenters. The molecule has 6 heteroatoms. The Morgan fingerprint density at radius 2 is 1.90 bits per heavy atom. The van der Waals surface area contributed by atoms with Gasteiger partial charge in [-0.2, -0.15) is 0 Å². The van der Waals surface area contributed by atoms with Gasteiger partial charge in [0.2, 0.25) is 0 Å². The van der Waals surface area contributed by atoms with Gasteiger partial charge in [0.15, 0.2) is 17.3 Å². The monoisotopic (exact) mass is 284 g/mol. The van der Waals surface area contributed by atoms with Crippen LogP contribution in [0.25, 0.3) is 0 Å². The quantitative estimate of drug-likeness (QED) is 0.430. The summed E-state index contributed by atoms with van der Waals surface area (Å²) in [5.41, 5.74) is 2.86. The molecule has 0 bridgehead atoms.